The number of aromatic hydroxyl groups is 1. The van der Waals surface area contributed by atoms with Crippen molar-refractivity contribution in [3.05, 3.63) is 93.1 Å². The molecule has 0 amide bonds. The maximum Gasteiger partial charge on any atom is 0.336 e. The van der Waals surface area contributed by atoms with Crippen LogP contribution in [0.1, 0.15) is 73.1 Å². The highest BCUT2D eigenvalue weighted by molar-refractivity contribution is 6.09. The molecule has 0 aliphatic heterocycles. The van der Waals surface area contributed by atoms with Crippen molar-refractivity contribution in [2.45, 2.75) is 47.5 Å². The molecule has 1 aliphatic carbocycles. The third-order valence-electron chi connectivity index (χ3n) is 5.94. The van der Waals surface area contributed by atoms with Crippen molar-refractivity contribution in [1.82, 2.24) is 0 Å². The molecule has 2 aromatic carbocycles. The summed E-state index contributed by atoms with van der Waals surface area (Å²) in [6.07, 6.45) is 3.53. The molecule has 0 unspecified atom stereocenters. The fraction of sp³-hybridized carbons (Fsp3) is 0.286. The lowest BCUT2D eigenvalue weighted by molar-refractivity contribution is -0.111. The van der Waals surface area contributed by atoms with E-state index in [0.717, 1.165) is 33.4 Å². The van der Waals surface area contributed by atoms with Crippen molar-refractivity contribution in [1.29, 1.82) is 0 Å². The van der Waals surface area contributed by atoms with E-state index in [1.165, 1.54) is 0 Å². The van der Waals surface area contributed by atoms with Gasteiger partial charge in [0.15, 0.2) is 5.78 Å². The van der Waals surface area contributed by atoms with Crippen molar-refractivity contribution < 1.29 is 19.8 Å². The van der Waals surface area contributed by atoms with E-state index < -0.39 is 5.97 Å². The van der Waals surface area contributed by atoms with E-state index in [4.69, 9.17) is 0 Å². The van der Waals surface area contributed by atoms with Crippen molar-refractivity contribution in [3.8, 4) is 5.75 Å². The molecular weight excluding hydrogens is 400 g/mol. The zero-order valence-corrected chi connectivity index (χ0v) is 19.5. The van der Waals surface area contributed by atoms with Gasteiger partial charge >= 0.3 is 5.97 Å². The molecular formula is C28H30O4. The molecule has 166 valence electrons. The molecule has 0 spiro atoms. The molecule has 0 heterocycles. The Hall–Kier alpha value is -3.40. The lowest BCUT2D eigenvalue weighted by Crippen LogP contribution is -2.13. The molecule has 4 nitrogen and oxygen atoms in total. The number of carboxylic acids is 1. The minimum atomic E-state index is -1.01. The zero-order valence-electron chi connectivity index (χ0n) is 19.5. The van der Waals surface area contributed by atoms with E-state index in [9.17, 15) is 19.8 Å². The van der Waals surface area contributed by atoms with Crippen LogP contribution in [-0.2, 0) is 4.79 Å². The van der Waals surface area contributed by atoms with Gasteiger partial charge in [-0.2, -0.15) is 0 Å². The lowest BCUT2D eigenvalue weighted by atomic mass is 9.80. The zero-order chi connectivity index (χ0) is 23.7. The van der Waals surface area contributed by atoms with Gasteiger partial charge in [0.05, 0.1) is 5.56 Å². The van der Waals surface area contributed by atoms with E-state index >= 15 is 0 Å². The Bertz CT molecular complexity index is 1190. The molecule has 32 heavy (non-hydrogen) atoms. The van der Waals surface area contributed by atoms with Gasteiger partial charge in [0.1, 0.15) is 5.75 Å². The van der Waals surface area contributed by atoms with Crippen LogP contribution < -0.4 is 0 Å². The summed E-state index contributed by atoms with van der Waals surface area (Å²) in [5.41, 5.74) is 6.29. The number of hydrogen-bond donors (Lipinski definition) is 2. The summed E-state index contributed by atoms with van der Waals surface area (Å²) in [5.74, 6) is -0.688. The molecule has 0 bridgehead atoms. The molecule has 2 aromatic rings. The van der Waals surface area contributed by atoms with E-state index in [1.807, 2.05) is 59.8 Å². The predicted octanol–water partition coefficient (Wildman–Crippen LogP) is 6.44. The summed E-state index contributed by atoms with van der Waals surface area (Å²) >= 11 is 0. The molecule has 0 atom stereocenters. The van der Waals surface area contributed by atoms with Crippen LogP contribution in [0.3, 0.4) is 0 Å². The Morgan fingerprint density at radius 3 is 2.06 bits per heavy atom. The second-order valence-electron chi connectivity index (χ2n) is 8.97. The highest BCUT2D eigenvalue weighted by atomic mass is 16.4. The van der Waals surface area contributed by atoms with Gasteiger partial charge in [-0.05, 0) is 95.0 Å². The van der Waals surface area contributed by atoms with Crippen LogP contribution in [0.25, 0.3) is 5.57 Å². The van der Waals surface area contributed by atoms with Crippen molar-refractivity contribution in [3.63, 3.8) is 0 Å². The van der Waals surface area contributed by atoms with Crippen molar-refractivity contribution in [2.24, 2.45) is 5.92 Å². The Labute approximate surface area is 189 Å². The van der Waals surface area contributed by atoms with Gasteiger partial charge in [0.25, 0.3) is 0 Å². The van der Waals surface area contributed by atoms with E-state index in [0.29, 0.717) is 11.1 Å². The van der Waals surface area contributed by atoms with Crippen LogP contribution in [0.15, 0.2) is 65.3 Å². The first-order valence-corrected chi connectivity index (χ1v) is 10.9. The van der Waals surface area contributed by atoms with Gasteiger partial charge < -0.3 is 10.2 Å². The summed E-state index contributed by atoms with van der Waals surface area (Å²) in [6, 6.07) is 10.6. The number of aryl methyl sites for hydroxylation is 1. The molecule has 0 radical (unpaired) electrons. The topological polar surface area (TPSA) is 74.6 Å². The van der Waals surface area contributed by atoms with E-state index in [1.54, 1.807) is 30.3 Å². The first kappa shape index (κ1) is 23.3. The Kier molecular flexibility index (Phi) is 6.54. The minimum absolute atomic E-state index is 0.0163. The highest BCUT2D eigenvalue weighted by Crippen LogP contribution is 2.40. The third-order valence-corrected chi connectivity index (χ3v) is 5.94. The average molecular weight is 431 g/mol. The second kappa shape index (κ2) is 8.99. The SMILES string of the molecule is CC1=CC(=O)C(C(C)C)=C/C1=C(\c1cc(C(C)C)c(O)cc1C)c1ccccc1C(=O)O. The average Bonchev–Trinajstić information content (AvgIpc) is 2.70. The van der Waals surface area contributed by atoms with Crippen molar-refractivity contribution in [2.75, 3.05) is 0 Å². The normalized spacial score (nSPS) is 15.7. The van der Waals surface area contributed by atoms with Gasteiger partial charge in [-0.3, -0.25) is 4.79 Å². The maximum absolute atomic E-state index is 12.6. The summed E-state index contributed by atoms with van der Waals surface area (Å²) in [6.45, 7) is 11.8. The van der Waals surface area contributed by atoms with Gasteiger partial charge in [-0.25, -0.2) is 4.79 Å². The number of rotatable bonds is 5. The molecule has 2 N–H and O–H groups in total. The molecule has 0 aromatic heterocycles. The summed E-state index contributed by atoms with van der Waals surface area (Å²) in [5, 5.41) is 20.4. The fourth-order valence-corrected chi connectivity index (χ4v) is 4.18. The number of carbonyl (C=O) groups is 2. The van der Waals surface area contributed by atoms with Gasteiger partial charge in [-0.15, -0.1) is 0 Å². The van der Waals surface area contributed by atoms with Crippen LogP contribution in [0.4, 0.5) is 0 Å². The summed E-state index contributed by atoms with van der Waals surface area (Å²) < 4.78 is 0. The molecule has 0 fully saturated rings. The number of hydrogen-bond acceptors (Lipinski definition) is 3. The minimum Gasteiger partial charge on any atom is -0.508 e. The summed E-state index contributed by atoms with van der Waals surface area (Å²) in [7, 11) is 0. The van der Waals surface area contributed by atoms with E-state index in [2.05, 4.69) is 0 Å². The lowest BCUT2D eigenvalue weighted by Gasteiger charge is -2.23. The second-order valence-corrected chi connectivity index (χ2v) is 8.97. The predicted molar refractivity (Wildman–Crippen MR) is 128 cm³/mol. The first-order valence-electron chi connectivity index (χ1n) is 10.9. The number of ketones is 1. The Balaban J connectivity index is 2.50. The highest BCUT2D eigenvalue weighted by Gasteiger charge is 2.25. The molecule has 3 rings (SSSR count). The largest absolute Gasteiger partial charge is 0.508 e. The van der Waals surface area contributed by atoms with E-state index in [-0.39, 0.29) is 28.9 Å². The third kappa shape index (κ3) is 4.31. The van der Waals surface area contributed by atoms with Crippen LogP contribution in [0.2, 0.25) is 0 Å². The Morgan fingerprint density at radius 2 is 1.50 bits per heavy atom. The first-order chi connectivity index (χ1) is 15.0. The number of carboxylic acid groups (broad SMARTS) is 1. The van der Waals surface area contributed by atoms with Crippen LogP contribution >= 0.6 is 0 Å². The van der Waals surface area contributed by atoms with Gasteiger partial charge in [0.2, 0.25) is 0 Å². The van der Waals surface area contributed by atoms with Crippen LogP contribution in [0, 0.1) is 12.8 Å². The van der Waals surface area contributed by atoms with Crippen LogP contribution in [0.5, 0.6) is 5.75 Å². The Morgan fingerprint density at radius 1 is 0.875 bits per heavy atom. The fourth-order valence-electron chi connectivity index (χ4n) is 4.18. The number of benzene rings is 2. The van der Waals surface area contributed by atoms with Gasteiger partial charge in [-0.1, -0.05) is 45.9 Å². The van der Waals surface area contributed by atoms with Gasteiger partial charge in [0, 0.05) is 5.57 Å². The standard InChI is InChI=1S/C28H30O4/c1-15(2)21-13-23(17(5)11-25(21)29)27(19-9-7-8-10-20(19)28(31)32)24-14-22(16(3)4)26(30)12-18(24)6/h7-16,29H,1-6H3,(H,31,32)/b27-24+. The summed E-state index contributed by atoms with van der Waals surface area (Å²) in [4.78, 5) is 24.7. The maximum atomic E-state index is 12.6. The monoisotopic (exact) mass is 430 g/mol. The molecule has 0 saturated carbocycles. The molecule has 0 saturated heterocycles. The smallest absolute Gasteiger partial charge is 0.336 e. The number of carbonyl (C=O) groups excluding carboxylic acids is 1. The number of phenolic OH excluding ortho intramolecular Hbond substituents is 1. The number of phenols is 1. The van der Waals surface area contributed by atoms with Crippen LogP contribution in [-0.4, -0.2) is 22.0 Å². The quantitative estimate of drug-likeness (QED) is 0.573. The number of allylic oxidation sites excluding steroid dienone is 5. The molecule has 1 aliphatic rings. The molecule has 4 heteroatoms. The van der Waals surface area contributed by atoms with Crippen molar-refractivity contribution >= 4 is 17.3 Å². The number of aromatic carboxylic acids is 1.